The van der Waals surface area contributed by atoms with Crippen molar-refractivity contribution in [2.45, 2.75) is 161 Å². The number of hydrogen-bond donors (Lipinski definition) is 3. The lowest BCUT2D eigenvalue weighted by molar-refractivity contribution is -0.123. The molecule has 3 N–H and O–H groups in total. The summed E-state index contributed by atoms with van der Waals surface area (Å²) in [7, 11) is 0. The molecule has 2 atom stereocenters. The molecule has 0 fully saturated rings. The Morgan fingerprint density at radius 2 is 1.15 bits per heavy atom. The fourth-order valence-corrected chi connectivity index (χ4v) is 4.23. The van der Waals surface area contributed by atoms with Crippen LogP contribution in [-0.2, 0) is 4.79 Å². The first-order valence-electron chi connectivity index (χ1n) is 14.4. The molecule has 0 aromatic rings. The maximum absolute atomic E-state index is 12.1. The zero-order valence-electron chi connectivity index (χ0n) is 22.2. The molecule has 1 amide bonds. The van der Waals surface area contributed by atoms with Crippen LogP contribution >= 0.6 is 0 Å². The van der Waals surface area contributed by atoms with E-state index in [1.165, 1.54) is 96.3 Å². The second-order valence-electron chi connectivity index (χ2n) is 9.81. The normalized spacial score (nSPS) is 13.5. The smallest absolute Gasteiger partial charge is 0.220 e. The van der Waals surface area contributed by atoms with E-state index in [2.05, 4.69) is 31.3 Å². The molecule has 2 unspecified atom stereocenters. The van der Waals surface area contributed by atoms with Gasteiger partial charge < -0.3 is 15.5 Å². The predicted octanol–water partition coefficient (Wildman–Crippen LogP) is 7.61. The van der Waals surface area contributed by atoms with E-state index < -0.39 is 12.1 Å². The number of allylic oxidation sites excluding steroid dienone is 2. The molecule has 33 heavy (non-hydrogen) atoms. The van der Waals surface area contributed by atoms with Crippen molar-refractivity contribution in [3.05, 3.63) is 12.2 Å². The highest BCUT2D eigenvalue weighted by atomic mass is 16.3. The van der Waals surface area contributed by atoms with Gasteiger partial charge in [-0.2, -0.15) is 0 Å². The molecule has 0 spiro atoms. The van der Waals surface area contributed by atoms with Gasteiger partial charge >= 0.3 is 0 Å². The molecular weight excluding hydrogens is 410 g/mol. The first kappa shape index (κ1) is 32.1. The molecular formula is C29H57NO3. The van der Waals surface area contributed by atoms with Gasteiger partial charge in [-0.05, 0) is 38.5 Å². The lowest BCUT2D eigenvalue weighted by atomic mass is 10.0. The Labute approximate surface area is 206 Å². The molecule has 0 heterocycles. The summed E-state index contributed by atoms with van der Waals surface area (Å²) < 4.78 is 0. The summed E-state index contributed by atoms with van der Waals surface area (Å²) in [5.74, 6) is -0.0487. The number of aliphatic hydroxyl groups is 2. The zero-order chi connectivity index (χ0) is 24.4. The van der Waals surface area contributed by atoms with E-state index in [9.17, 15) is 15.0 Å². The van der Waals surface area contributed by atoms with Crippen molar-refractivity contribution >= 4 is 5.91 Å². The highest BCUT2D eigenvalue weighted by Gasteiger charge is 2.19. The molecule has 0 saturated heterocycles. The number of aliphatic hydroxyl groups excluding tert-OH is 2. The maximum atomic E-state index is 12.1. The van der Waals surface area contributed by atoms with Gasteiger partial charge in [0.15, 0.2) is 0 Å². The summed E-state index contributed by atoms with van der Waals surface area (Å²) in [6.45, 7) is 4.25. The molecule has 0 aliphatic rings. The fraction of sp³-hybridized carbons (Fsp3) is 0.897. The Kier molecular flexibility index (Phi) is 25.1. The van der Waals surface area contributed by atoms with Crippen LogP contribution in [0.5, 0.6) is 0 Å². The quantitative estimate of drug-likeness (QED) is 0.0955. The zero-order valence-corrected chi connectivity index (χ0v) is 22.2. The van der Waals surface area contributed by atoms with E-state index in [-0.39, 0.29) is 12.5 Å². The highest BCUT2D eigenvalue weighted by Crippen LogP contribution is 2.12. The van der Waals surface area contributed by atoms with Crippen LogP contribution in [-0.4, -0.2) is 34.9 Å². The average molecular weight is 468 g/mol. The molecule has 0 bridgehead atoms. The molecule has 0 aromatic carbocycles. The van der Waals surface area contributed by atoms with E-state index in [0.717, 1.165) is 25.7 Å². The summed E-state index contributed by atoms with van der Waals surface area (Å²) in [6.07, 6.45) is 28.4. The van der Waals surface area contributed by atoms with Crippen molar-refractivity contribution in [3.8, 4) is 0 Å². The lowest BCUT2D eigenvalue weighted by Gasteiger charge is -2.22. The number of carbonyl (C=O) groups is 1. The van der Waals surface area contributed by atoms with Crippen molar-refractivity contribution in [1.29, 1.82) is 0 Å². The lowest BCUT2D eigenvalue weighted by Crippen LogP contribution is -2.45. The van der Waals surface area contributed by atoms with Crippen LogP contribution in [0.4, 0.5) is 0 Å². The first-order valence-corrected chi connectivity index (χ1v) is 14.4. The average Bonchev–Trinajstić information content (AvgIpc) is 2.82. The van der Waals surface area contributed by atoms with Crippen LogP contribution in [0, 0.1) is 0 Å². The molecule has 196 valence electrons. The molecule has 0 aromatic heterocycles. The predicted molar refractivity (Wildman–Crippen MR) is 142 cm³/mol. The van der Waals surface area contributed by atoms with Crippen molar-refractivity contribution in [3.63, 3.8) is 0 Å². The number of unbranched alkanes of at least 4 members (excludes halogenated alkanes) is 16. The van der Waals surface area contributed by atoms with Gasteiger partial charge in [0.1, 0.15) is 0 Å². The molecule has 0 rings (SSSR count). The Hall–Kier alpha value is -0.870. The van der Waals surface area contributed by atoms with Crippen LogP contribution < -0.4 is 5.32 Å². The first-order chi connectivity index (χ1) is 16.2. The van der Waals surface area contributed by atoms with Crippen molar-refractivity contribution in [2.75, 3.05) is 6.61 Å². The number of nitrogens with one attached hydrogen (secondary N) is 1. The van der Waals surface area contributed by atoms with Crippen molar-refractivity contribution < 1.29 is 15.0 Å². The van der Waals surface area contributed by atoms with Crippen LogP contribution in [0.1, 0.15) is 149 Å². The summed E-state index contributed by atoms with van der Waals surface area (Å²) in [4.78, 5) is 12.1. The van der Waals surface area contributed by atoms with Crippen LogP contribution in [0.15, 0.2) is 12.2 Å². The van der Waals surface area contributed by atoms with Gasteiger partial charge in [0.05, 0.1) is 18.8 Å². The topological polar surface area (TPSA) is 69.6 Å². The molecule has 0 aliphatic heterocycles. The summed E-state index contributed by atoms with van der Waals surface area (Å²) in [5, 5.41) is 22.6. The van der Waals surface area contributed by atoms with E-state index in [4.69, 9.17) is 0 Å². The van der Waals surface area contributed by atoms with Crippen LogP contribution in [0.2, 0.25) is 0 Å². The van der Waals surface area contributed by atoms with Gasteiger partial charge in [-0.15, -0.1) is 0 Å². The number of amides is 1. The number of hydrogen-bond acceptors (Lipinski definition) is 3. The Bertz CT molecular complexity index is 439. The van der Waals surface area contributed by atoms with E-state index in [0.29, 0.717) is 12.8 Å². The van der Waals surface area contributed by atoms with Gasteiger partial charge in [-0.1, -0.05) is 116 Å². The Balaban J connectivity index is 3.56. The fourth-order valence-electron chi connectivity index (χ4n) is 4.23. The van der Waals surface area contributed by atoms with Crippen molar-refractivity contribution in [2.24, 2.45) is 0 Å². The van der Waals surface area contributed by atoms with Gasteiger partial charge in [0.25, 0.3) is 0 Å². The summed E-state index contributed by atoms with van der Waals surface area (Å²) >= 11 is 0. The largest absolute Gasteiger partial charge is 0.394 e. The maximum Gasteiger partial charge on any atom is 0.220 e. The van der Waals surface area contributed by atoms with E-state index in [1.807, 2.05) is 0 Å². The second-order valence-corrected chi connectivity index (χ2v) is 9.81. The molecule has 4 nitrogen and oxygen atoms in total. The Morgan fingerprint density at radius 1 is 0.697 bits per heavy atom. The third-order valence-electron chi connectivity index (χ3n) is 6.53. The summed E-state index contributed by atoms with van der Waals surface area (Å²) in [6, 6.07) is -0.531. The Morgan fingerprint density at radius 3 is 1.67 bits per heavy atom. The van der Waals surface area contributed by atoms with Gasteiger partial charge in [-0.3, -0.25) is 4.79 Å². The third-order valence-corrected chi connectivity index (χ3v) is 6.53. The molecule has 0 saturated carbocycles. The SMILES string of the molecule is CCCCCCCCC/C=C\CCCCCCCC(=O)NC(CO)C(O)CCCCCCC. The van der Waals surface area contributed by atoms with E-state index >= 15 is 0 Å². The standard InChI is InChI=1S/C29H57NO3/c1-3-5-7-9-10-11-12-13-14-15-16-17-18-19-21-23-25-29(33)30-27(26-31)28(32)24-22-20-8-6-4-2/h14-15,27-28,31-32H,3-13,16-26H2,1-2H3,(H,30,33)/b15-14-. The molecule has 4 heteroatoms. The van der Waals surface area contributed by atoms with Gasteiger partial charge in [-0.25, -0.2) is 0 Å². The minimum Gasteiger partial charge on any atom is -0.394 e. The van der Waals surface area contributed by atoms with Gasteiger partial charge in [0, 0.05) is 6.42 Å². The highest BCUT2D eigenvalue weighted by molar-refractivity contribution is 5.76. The molecule has 0 radical (unpaired) electrons. The minimum absolute atomic E-state index is 0.0487. The van der Waals surface area contributed by atoms with Gasteiger partial charge in [0.2, 0.25) is 5.91 Å². The van der Waals surface area contributed by atoms with Crippen LogP contribution in [0.25, 0.3) is 0 Å². The van der Waals surface area contributed by atoms with Crippen LogP contribution in [0.3, 0.4) is 0 Å². The minimum atomic E-state index is -0.653. The summed E-state index contributed by atoms with van der Waals surface area (Å²) in [5.41, 5.74) is 0. The number of rotatable bonds is 25. The third kappa shape index (κ3) is 22.7. The van der Waals surface area contributed by atoms with E-state index in [1.54, 1.807) is 0 Å². The molecule has 0 aliphatic carbocycles. The second kappa shape index (κ2) is 25.7. The number of carbonyl (C=O) groups excluding carboxylic acids is 1. The van der Waals surface area contributed by atoms with Crippen molar-refractivity contribution in [1.82, 2.24) is 5.32 Å². The monoisotopic (exact) mass is 467 g/mol.